The van der Waals surface area contributed by atoms with Gasteiger partial charge in [0.05, 0.1) is 11.6 Å². The number of primary amides is 1. The molecule has 0 unspecified atom stereocenters. The molecule has 3 heterocycles. The summed E-state index contributed by atoms with van der Waals surface area (Å²) in [6.07, 6.45) is 3.71. The maximum Gasteiger partial charge on any atom is 0.240 e. The van der Waals surface area contributed by atoms with Crippen molar-refractivity contribution in [1.29, 1.82) is 0 Å². The number of hydrogen-bond donors (Lipinski definition) is 2. The highest BCUT2D eigenvalue weighted by molar-refractivity contribution is 5.91. The number of benzene rings is 1. The van der Waals surface area contributed by atoms with Crippen LogP contribution in [-0.2, 0) is 17.8 Å². The van der Waals surface area contributed by atoms with Crippen LogP contribution in [0.1, 0.15) is 11.1 Å². The molecule has 3 N–H and O–H groups in total. The van der Waals surface area contributed by atoms with Crippen molar-refractivity contribution in [1.82, 2.24) is 20.2 Å². The molecule has 0 aliphatic carbocycles. The second-order valence-corrected chi connectivity index (χ2v) is 5.35. The lowest BCUT2D eigenvalue weighted by Crippen LogP contribution is -2.49. The van der Waals surface area contributed by atoms with Crippen LogP contribution in [0.25, 0.3) is 11.0 Å². The van der Waals surface area contributed by atoms with Crippen molar-refractivity contribution in [3.8, 4) is 0 Å². The van der Waals surface area contributed by atoms with E-state index in [1.54, 1.807) is 6.20 Å². The third-order valence-electron chi connectivity index (χ3n) is 4.08. The normalized spacial score (nSPS) is 17.5. The number of H-pyrrole nitrogens is 1. The lowest BCUT2D eigenvalue weighted by atomic mass is 9.93. The molecule has 1 aliphatic heterocycles. The SMILES string of the molecule is NC(=O)[C@@H]1Cc2ccccc2CN1c1ncnc2[nH]ncc12. The largest absolute Gasteiger partial charge is 0.368 e. The van der Waals surface area contributed by atoms with Crippen LogP contribution in [0.15, 0.2) is 36.8 Å². The number of nitrogens with zero attached hydrogens (tertiary/aromatic N) is 4. The molecule has 110 valence electrons. The van der Waals surface area contributed by atoms with Gasteiger partial charge in [-0.05, 0) is 11.1 Å². The van der Waals surface area contributed by atoms with Gasteiger partial charge in [0.15, 0.2) is 5.65 Å². The second-order valence-electron chi connectivity index (χ2n) is 5.35. The number of nitrogens with two attached hydrogens (primary N) is 1. The van der Waals surface area contributed by atoms with E-state index in [4.69, 9.17) is 5.73 Å². The Morgan fingerprint density at radius 2 is 2.09 bits per heavy atom. The number of carbonyl (C=O) groups is 1. The van der Waals surface area contributed by atoms with E-state index in [-0.39, 0.29) is 5.91 Å². The lowest BCUT2D eigenvalue weighted by molar-refractivity contribution is -0.119. The third-order valence-corrected chi connectivity index (χ3v) is 4.08. The van der Waals surface area contributed by atoms with E-state index in [1.807, 2.05) is 23.1 Å². The Morgan fingerprint density at radius 3 is 2.91 bits per heavy atom. The molecule has 2 aromatic heterocycles. The first kappa shape index (κ1) is 12.8. The summed E-state index contributed by atoms with van der Waals surface area (Å²) >= 11 is 0. The van der Waals surface area contributed by atoms with Crippen molar-refractivity contribution in [2.75, 3.05) is 4.90 Å². The highest BCUT2D eigenvalue weighted by Crippen LogP contribution is 2.30. The van der Waals surface area contributed by atoms with Crippen LogP contribution < -0.4 is 10.6 Å². The lowest BCUT2D eigenvalue weighted by Gasteiger charge is -2.36. The molecule has 0 spiro atoms. The molecular weight excluding hydrogens is 280 g/mol. The van der Waals surface area contributed by atoms with Gasteiger partial charge in [-0.2, -0.15) is 5.10 Å². The smallest absolute Gasteiger partial charge is 0.240 e. The maximum absolute atomic E-state index is 11.9. The Hall–Kier alpha value is -2.96. The summed E-state index contributed by atoms with van der Waals surface area (Å²) in [6, 6.07) is 7.65. The average Bonchev–Trinajstić information content (AvgIpc) is 3.02. The minimum Gasteiger partial charge on any atom is -0.368 e. The Labute approximate surface area is 126 Å². The number of aromatic nitrogens is 4. The van der Waals surface area contributed by atoms with E-state index in [0.29, 0.717) is 24.4 Å². The molecule has 3 aromatic rings. The van der Waals surface area contributed by atoms with Crippen LogP contribution in [0.4, 0.5) is 5.82 Å². The van der Waals surface area contributed by atoms with Gasteiger partial charge in [0.25, 0.3) is 0 Å². The second kappa shape index (κ2) is 4.80. The molecule has 0 radical (unpaired) electrons. The van der Waals surface area contributed by atoms with E-state index in [0.717, 1.165) is 10.9 Å². The molecule has 7 nitrogen and oxygen atoms in total. The zero-order valence-corrected chi connectivity index (χ0v) is 11.7. The van der Waals surface area contributed by atoms with Crippen LogP contribution in [-0.4, -0.2) is 32.1 Å². The zero-order valence-electron chi connectivity index (χ0n) is 11.7. The van der Waals surface area contributed by atoms with E-state index in [1.165, 1.54) is 11.9 Å². The summed E-state index contributed by atoms with van der Waals surface area (Å²) in [5.74, 6) is 0.321. The van der Waals surface area contributed by atoms with Gasteiger partial charge in [-0.3, -0.25) is 9.89 Å². The molecule has 0 fully saturated rings. The Bertz CT molecular complexity index is 858. The Kier molecular flexibility index (Phi) is 2.78. The van der Waals surface area contributed by atoms with E-state index >= 15 is 0 Å². The van der Waals surface area contributed by atoms with Crippen molar-refractivity contribution >= 4 is 22.8 Å². The van der Waals surface area contributed by atoms with Gasteiger partial charge < -0.3 is 10.6 Å². The van der Waals surface area contributed by atoms with Crippen molar-refractivity contribution in [3.05, 3.63) is 47.9 Å². The first-order chi connectivity index (χ1) is 10.7. The molecule has 1 amide bonds. The molecule has 4 rings (SSSR count). The highest BCUT2D eigenvalue weighted by atomic mass is 16.1. The van der Waals surface area contributed by atoms with Crippen molar-refractivity contribution in [2.24, 2.45) is 5.73 Å². The van der Waals surface area contributed by atoms with Crippen LogP contribution in [0.5, 0.6) is 0 Å². The standard InChI is InChI=1S/C15H14N6O/c16-13(22)12-5-9-3-1-2-4-10(9)7-21(12)15-11-6-19-20-14(11)17-8-18-15/h1-4,6,8,12H,5,7H2,(H2,16,22)(H,17,18,19,20)/t12-/m0/s1. The summed E-state index contributed by atoms with van der Waals surface area (Å²) in [5, 5.41) is 7.60. The van der Waals surface area contributed by atoms with Gasteiger partial charge >= 0.3 is 0 Å². The summed E-state index contributed by atoms with van der Waals surface area (Å²) in [7, 11) is 0. The molecule has 1 aromatic carbocycles. The van der Waals surface area contributed by atoms with E-state index in [2.05, 4.69) is 26.2 Å². The Balaban J connectivity index is 1.85. The highest BCUT2D eigenvalue weighted by Gasteiger charge is 2.32. The minimum atomic E-state index is -0.428. The van der Waals surface area contributed by atoms with E-state index in [9.17, 15) is 4.79 Å². The third kappa shape index (κ3) is 1.90. The number of fused-ring (bicyclic) bond motifs is 2. The fraction of sp³-hybridized carbons (Fsp3) is 0.200. The Morgan fingerprint density at radius 1 is 1.27 bits per heavy atom. The van der Waals surface area contributed by atoms with E-state index < -0.39 is 6.04 Å². The average molecular weight is 294 g/mol. The fourth-order valence-electron chi connectivity index (χ4n) is 2.98. The predicted molar refractivity (Wildman–Crippen MR) is 81.0 cm³/mol. The first-order valence-corrected chi connectivity index (χ1v) is 7.01. The number of aromatic amines is 1. The quantitative estimate of drug-likeness (QED) is 0.727. The summed E-state index contributed by atoms with van der Waals surface area (Å²) in [5.41, 5.74) is 8.60. The van der Waals surface area contributed by atoms with Crippen molar-refractivity contribution in [2.45, 2.75) is 19.0 Å². The molecule has 22 heavy (non-hydrogen) atoms. The molecule has 0 bridgehead atoms. The molecule has 0 saturated heterocycles. The van der Waals surface area contributed by atoms with Gasteiger partial charge in [0.2, 0.25) is 5.91 Å². The fourth-order valence-corrected chi connectivity index (χ4v) is 2.98. The molecule has 7 heteroatoms. The number of nitrogens with one attached hydrogen (secondary N) is 1. The molecule has 1 atom stereocenters. The monoisotopic (exact) mass is 294 g/mol. The summed E-state index contributed by atoms with van der Waals surface area (Å²) in [6.45, 7) is 0.584. The topological polar surface area (TPSA) is 101 Å². The summed E-state index contributed by atoms with van der Waals surface area (Å²) < 4.78 is 0. The van der Waals surface area contributed by atoms with Gasteiger partial charge in [-0.15, -0.1) is 0 Å². The van der Waals surface area contributed by atoms with Crippen molar-refractivity contribution < 1.29 is 4.79 Å². The van der Waals surface area contributed by atoms with Gasteiger partial charge in [-0.25, -0.2) is 9.97 Å². The van der Waals surface area contributed by atoms with Gasteiger partial charge in [0.1, 0.15) is 18.2 Å². The van der Waals surface area contributed by atoms with Gasteiger partial charge in [-0.1, -0.05) is 24.3 Å². The van der Waals surface area contributed by atoms with Crippen molar-refractivity contribution in [3.63, 3.8) is 0 Å². The number of carbonyl (C=O) groups excluding carboxylic acids is 1. The van der Waals surface area contributed by atoms with Crippen LogP contribution >= 0.6 is 0 Å². The van der Waals surface area contributed by atoms with Crippen LogP contribution in [0, 0.1) is 0 Å². The minimum absolute atomic E-state index is 0.357. The first-order valence-electron chi connectivity index (χ1n) is 7.01. The number of anilines is 1. The summed E-state index contributed by atoms with van der Waals surface area (Å²) in [4.78, 5) is 22.4. The number of amides is 1. The number of rotatable bonds is 2. The predicted octanol–water partition coefficient (Wildman–Crippen LogP) is 0.769. The van der Waals surface area contributed by atoms with Gasteiger partial charge in [0, 0.05) is 13.0 Å². The molecule has 0 saturated carbocycles. The van der Waals surface area contributed by atoms with Crippen LogP contribution in [0.3, 0.4) is 0 Å². The maximum atomic E-state index is 11.9. The number of hydrogen-bond acceptors (Lipinski definition) is 5. The van der Waals surface area contributed by atoms with Crippen LogP contribution in [0.2, 0.25) is 0 Å². The molecule has 1 aliphatic rings. The zero-order chi connectivity index (χ0) is 15.1. The molecular formula is C15H14N6O.